The lowest BCUT2D eigenvalue weighted by Gasteiger charge is -2.16. The molecule has 0 spiro atoms. The molecule has 0 radical (unpaired) electrons. The van der Waals surface area contributed by atoms with E-state index in [2.05, 4.69) is 148 Å². The van der Waals surface area contributed by atoms with Crippen LogP contribution < -0.4 is 0 Å². The summed E-state index contributed by atoms with van der Waals surface area (Å²) in [5, 5.41) is 0. The predicted molar refractivity (Wildman–Crippen MR) is 306 cm³/mol. The van der Waals surface area contributed by atoms with E-state index >= 15 is 0 Å². The van der Waals surface area contributed by atoms with Crippen LogP contribution in [0.1, 0.15) is 204 Å². The van der Waals surface area contributed by atoms with Crippen molar-refractivity contribution in [3.63, 3.8) is 0 Å². The van der Waals surface area contributed by atoms with Crippen molar-refractivity contribution in [3.8, 4) is 47.4 Å². The Balaban J connectivity index is 1.32. The molecule has 1 aromatic rings. The van der Waals surface area contributed by atoms with Crippen LogP contribution in [0.25, 0.3) is 0 Å². The van der Waals surface area contributed by atoms with Gasteiger partial charge in [0.25, 0.3) is 0 Å². The van der Waals surface area contributed by atoms with Crippen molar-refractivity contribution in [3.05, 3.63) is 128 Å². The zero-order valence-electron chi connectivity index (χ0n) is 43.7. The summed E-state index contributed by atoms with van der Waals surface area (Å²) in [6.07, 6.45) is 52.0. The summed E-state index contributed by atoms with van der Waals surface area (Å²) in [6, 6.07) is 4.26. The SMILES string of the molecule is C/C=C\C1=C(/C=N/CCCC#Cc2cc(C#CCCC/N=C/C=C3/CCCC/C3=C/C)c(C#CCCC/N=C/C3=C(/C=C\C)CCCC3)cc2C#CCCC/N=C/C=C2/CCCC/C2=C/C)CCCC1. The number of allylic oxidation sites excluding steroid dienone is 16. The average molecular weight is 931 g/mol. The van der Waals surface area contributed by atoms with Gasteiger partial charge in [0.2, 0.25) is 0 Å². The first-order chi connectivity index (χ1) is 34.6. The minimum absolute atomic E-state index is 0.761. The van der Waals surface area contributed by atoms with Crippen LogP contribution in [0.4, 0.5) is 0 Å². The van der Waals surface area contributed by atoms with Gasteiger partial charge in [-0.15, -0.1) is 0 Å². The number of unbranched alkanes of at least 4 members (excludes halogenated alkanes) is 4. The highest BCUT2D eigenvalue weighted by atomic mass is 14.7. The highest BCUT2D eigenvalue weighted by Gasteiger charge is 2.12. The quantitative estimate of drug-likeness (QED) is 0.0800. The van der Waals surface area contributed by atoms with Gasteiger partial charge in [-0.3, -0.25) is 20.0 Å². The third kappa shape index (κ3) is 20.6. The van der Waals surface area contributed by atoms with Gasteiger partial charge < -0.3 is 0 Å². The van der Waals surface area contributed by atoms with Crippen LogP contribution in [0.5, 0.6) is 0 Å². The Morgan fingerprint density at radius 2 is 0.700 bits per heavy atom. The molecule has 366 valence electrons. The maximum Gasteiger partial charge on any atom is 0.0415 e. The lowest BCUT2D eigenvalue weighted by atomic mass is 9.89. The first kappa shape index (κ1) is 55.0. The zero-order chi connectivity index (χ0) is 49.1. The van der Waals surface area contributed by atoms with E-state index in [0.29, 0.717) is 0 Å². The molecule has 0 atom stereocenters. The number of aliphatic imine (C=N–C) groups is 4. The molecule has 2 saturated carbocycles. The summed E-state index contributed by atoms with van der Waals surface area (Å²) < 4.78 is 0. The molecule has 1 aromatic carbocycles. The van der Waals surface area contributed by atoms with Gasteiger partial charge in [0.05, 0.1) is 0 Å². The number of benzene rings is 1. The Hall–Kier alpha value is -5.94. The van der Waals surface area contributed by atoms with E-state index in [9.17, 15) is 0 Å². The molecule has 0 bridgehead atoms. The van der Waals surface area contributed by atoms with Crippen LogP contribution in [0, 0.1) is 47.4 Å². The lowest BCUT2D eigenvalue weighted by Crippen LogP contribution is -2.00. The van der Waals surface area contributed by atoms with Gasteiger partial charge in [0.1, 0.15) is 0 Å². The summed E-state index contributed by atoms with van der Waals surface area (Å²) >= 11 is 0. The van der Waals surface area contributed by atoms with Crippen LogP contribution in [-0.2, 0) is 0 Å². The third-order valence-electron chi connectivity index (χ3n) is 13.3. The highest BCUT2D eigenvalue weighted by molar-refractivity contribution is 5.81. The van der Waals surface area contributed by atoms with E-state index in [1.165, 1.54) is 109 Å². The van der Waals surface area contributed by atoms with Crippen LogP contribution in [0.2, 0.25) is 0 Å². The molecule has 0 amide bonds. The molecule has 4 nitrogen and oxygen atoms in total. The fourth-order valence-corrected chi connectivity index (χ4v) is 9.39. The Bertz CT molecular complexity index is 2330. The normalized spacial score (nSPS) is 19.3. The Labute approximate surface area is 425 Å². The molecule has 2 fully saturated rings. The molecule has 0 aromatic heterocycles. The summed E-state index contributed by atoms with van der Waals surface area (Å²) in [5.41, 5.74) is 15.2. The second-order valence-corrected chi connectivity index (χ2v) is 18.7. The smallest absolute Gasteiger partial charge is 0.0415 e. The van der Waals surface area contributed by atoms with Crippen molar-refractivity contribution in [2.24, 2.45) is 20.0 Å². The van der Waals surface area contributed by atoms with Gasteiger partial charge in [-0.2, -0.15) is 0 Å². The molecule has 4 aliphatic carbocycles. The van der Waals surface area contributed by atoms with Crippen LogP contribution in [-0.4, -0.2) is 51.0 Å². The molecular weight excluding hydrogens is 849 g/mol. The fourth-order valence-electron chi connectivity index (χ4n) is 9.39. The molecule has 0 aliphatic heterocycles. The Morgan fingerprint density at radius 3 is 1.04 bits per heavy atom. The molecule has 4 aliphatic rings. The number of rotatable bonds is 18. The predicted octanol–water partition coefficient (Wildman–Crippen LogP) is 16.3. The largest absolute Gasteiger partial charge is 0.293 e. The van der Waals surface area contributed by atoms with Crippen molar-refractivity contribution in [2.45, 2.75) is 182 Å². The second-order valence-electron chi connectivity index (χ2n) is 18.7. The minimum atomic E-state index is 0.761. The number of nitrogens with zero attached hydrogens (tertiary/aromatic N) is 4. The summed E-state index contributed by atoms with van der Waals surface area (Å²) in [6.45, 7) is 11.6. The van der Waals surface area contributed by atoms with Gasteiger partial charge in [-0.1, -0.05) is 83.8 Å². The van der Waals surface area contributed by atoms with Crippen LogP contribution in [0.3, 0.4) is 0 Å². The van der Waals surface area contributed by atoms with Crippen LogP contribution in [0.15, 0.2) is 125 Å². The maximum atomic E-state index is 4.82. The highest BCUT2D eigenvalue weighted by Crippen LogP contribution is 2.30. The van der Waals surface area contributed by atoms with E-state index in [1.54, 1.807) is 0 Å². The van der Waals surface area contributed by atoms with Gasteiger partial charge in [-0.25, -0.2) is 0 Å². The van der Waals surface area contributed by atoms with Gasteiger partial charge in [0.15, 0.2) is 0 Å². The van der Waals surface area contributed by atoms with Crippen molar-refractivity contribution in [1.82, 2.24) is 0 Å². The topological polar surface area (TPSA) is 49.4 Å². The lowest BCUT2D eigenvalue weighted by molar-refractivity contribution is 0.679. The molecule has 0 unspecified atom stereocenters. The molecule has 0 N–H and O–H groups in total. The maximum absolute atomic E-state index is 4.82. The average Bonchev–Trinajstić information content (AvgIpc) is 3.39. The van der Waals surface area contributed by atoms with Crippen molar-refractivity contribution in [1.29, 1.82) is 0 Å². The van der Waals surface area contributed by atoms with E-state index in [4.69, 9.17) is 20.0 Å². The first-order valence-electron chi connectivity index (χ1n) is 27.1. The number of hydrogen-bond acceptors (Lipinski definition) is 4. The third-order valence-corrected chi connectivity index (χ3v) is 13.3. The molecule has 70 heavy (non-hydrogen) atoms. The van der Waals surface area contributed by atoms with E-state index in [0.717, 1.165) is 138 Å². The van der Waals surface area contributed by atoms with E-state index < -0.39 is 0 Å². The second kappa shape index (κ2) is 34.4. The summed E-state index contributed by atoms with van der Waals surface area (Å²) in [4.78, 5) is 19.1. The molecule has 0 heterocycles. The minimum Gasteiger partial charge on any atom is -0.293 e. The Morgan fingerprint density at radius 1 is 0.386 bits per heavy atom. The monoisotopic (exact) mass is 931 g/mol. The van der Waals surface area contributed by atoms with Crippen molar-refractivity contribution < 1.29 is 0 Å². The number of hydrogen-bond donors (Lipinski definition) is 0. The summed E-state index contributed by atoms with van der Waals surface area (Å²) in [7, 11) is 0. The standard InChI is InChI=1S/C66H82N4/c1-5-29-57-33-21-23-41-65(57)53-69-47-27-11-15-39-63-51-62(38-14-10-26-46-68-50-44-60-36-20-18-32-56(60)8-4)64(40-16-12-28-48-70-54-66-42-24-22-34-58(66)30-6-2)52-61(63)37-13-9-25-45-67-49-43-59-35-19-17-31-55(59)7-3/h5-8,29-30,43-44,49-54H,9-12,17-28,31-36,41-42,45-48H2,1-4H3/b29-5-,30-6-,55-7-,56-8-,59-43-,60-44-,67-49+,68-50+,69-53+,70-54+. The Kier molecular flexibility index (Phi) is 27.0. The molecular formula is C66H82N4. The van der Waals surface area contributed by atoms with Crippen molar-refractivity contribution in [2.75, 3.05) is 26.2 Å². The van der Waals surface area contributed by atoms with Gasteiger partial charge >= 0.3 is 0 Å². The van der Waals surface area contributed by atoms with Crippen molar-refractivity contribution >= 4 is 24.9 Å². The fraction of sp³-hybridized carbons (Fsp3) is 0.485. The van der Waals surface area contributed by atoms with Gasteiger partial charge in [-0.05, 0) is 225 Å². The van der Waals surface area contributed by atoms with Gasteiger partial charge in [0, 0.05) is 99.0 Å². The first-order valence-corrected chi connectivity index (χ1v) is 27.1. The van der Waals surface area contributed by atoms with Crippen LogP contribution >= 0.6 is 0 Å². The zero-order valence-corrected chi connectivity index (χ0v) is 43.7. The van der Waals surface area contributed by atoms with E-state index in [-0.39, 0.29) is 0 Å². The molecule has 5 rings (SSSR count). The molecule has 0 saturated heterocycles. The van der Waals surface area contributed by atoms with E-state index in [1.807, 2.05) is 12.4 Å². The summed E-state index contributed by atoms with van der Waals surface area (Å²) in [5.74, 6) is 27.9. The molecule has 4 heteroatoms.